The number of likely N-dealkylation sites (tertiary alicyclic amines) is 1. The lowest BCUT2D eigenvalue weighted by atomic mass is 10.2. The summed E-state index contributed by atoms with van der Waals surface area (Å²) in [5.41, 5.74) is -0.353. The van der Waals surface area contributed by atoms with Gasteiger partial charge >= 0.3 is 0 Å². The van der Waals surface area contributed by atoms with E-state index in [0.717, 1.165) is 4.68 Å². The lowest BCUT2D eigenvalue weighted by Gasteiger charge is -2.38. The van der Waals surface area contributed by atoms with Gasteiger partial charge in [0.1, 0.15) is 6.54 Å². The average molecular weight is 285 g/mol. The van der Waals surface area contributed by atoms with Crippen LogP contribution in [0.25, 0.3) is 0 Å². The minimum Gasteiger partial charge on any atom is -0.338 e. The van der Waals surface area contributed by atoms with Crippen molar-refractivity contribution < 1.29 is 13.2 Å². The molecule has 0 N–H and O–H groups in total. The van der Waals surface area contributed by atoms with Gasteiger partial charge in [0.05, 0.1) is 5.25 Å². The number of nitrogens with zero attached hydrogens (tertiary/aromatic N) is 3. The van der Waals surface area contributed by atoms with Crippen molar-refractivity contribution in [3.63, 3.8) is 0 Å². The Morgan fingerprint density at radius 1 is 1.47 bits per heavy atom. The van der Waals surface area contributed by atoms with Crippen molar-refractivity contribution in [3.05, 3.63) is 28.7 Å². The number of rotatable bonds is 4. The second-order valence-corrected chi connectivity index (χ2v) is 6.96. The molecule has 7 nitrogen and oxygen atoms in total. The Morgan fingerprint density at radius 3 is 2.74 bits per heavy atom. The van der Waals surface area contributed by atoms with Gasteiger partial charge in [-0.2, -0.15) is 5.10 Å². The lowest BCUT2D eigenvalue weighted by Crippen LogP contribution is -2.58. The summed E-state index contributed by atoms with van der Waals surface area (Å²) in [4.78, 5) is 24.7. The number of hydrogen-bond acceptors (Lipinski definition) is 5. The van der Waals surface area contributed by atoms with E-state index in [-0.39, 0.29) is 36.9 Å². The molecule has 0 radical (unpaired) electrons. The molecular weight excluding hydrogens is 270 g/mol. The molecule has 0 aliphatic carbocycles. The molecule has 0 bridgehead atoms. The Balaban J connectivity index is 1.95. The van der Waals surface area contributed by atoms with Gasteiger partial charge in [0.15, 0.2) is 9.84 Å². The molecule has 2 rings (SSSR count). The second kappa shape index (κ2) is 5.12. The molecule has 1 aliphatic rings. The standard InChI is InChI=1S/C11H15N3O4S/c1-2-19(17,18)9-6-13(7-9)11(16)8-14-10(15)4-3-5-12-14/h3-5,9H,2,6-8H2,1H3. The molecule has 2 heterocycles. The zero-order valence-electron chi connectivity index (χ0n) is 10.5. The first-order chi connectivity index (χ1) is 8.94. The van der Waals surface area contributed by atoms with Crippen LogP contribution in [-0.2, 0) is 21.2 Å². The van der Waals surface area contributed by atoms with Crippen molar-refractivity contribution in [1.82, 2.24) is 14.7 Å². The highest BCUT2D eigenvalue weighted by Crippen LogP contribution is 2.17. The van der Waals surface area contributed by atoms with Crippen molar-refractivity contribution in [3.8, 4) is 0 Å². The molecule has 19 heavy (non-hydrogen) atoms. The maximum atomic E-state index is 11.8. The summed E-state index contributed by atoms with van der Waals surface area (Å²) in [5, 5.41) is 3.31. The predicted molar refractivity (Wildman–Crippen MR) is 68.3 cm³/mol. The first-order valence-corrected chi connectivity index (χ1v) is 7.67. The summed E-state index contributed by atoms with van der Waals surface area (Å²) < 4.78 is 24.2. The van der Waals surface area contributed by atoms with Gasteiger partial charge in [0, 0.05) is 31.1 Å². The van der Waals surface area contributed by atoms with Gasteiger partial charge in [-0.05, 0) is 6.07 Å². The van der Waals surface area contributed by atoms with Crippen LogP contribution in [0.2, 0.25) is 0 Å². The third-order valence-electron chi connectivity index (χ3n) is 3.18. The summed E-state index contributed by atoms with van der Waals surface area (Å²) in [6.45, 7) is 1.85. The van der Waals surface area contributed by atoms with Crippen LogP contribution in [0, 0.1) is 0 Å². The fourth-order valence-corrected chi connectivity index (χ4v) is 3.12. The normalized spacial score (nSPS) is 16.2. The van der Waals surface area contributed by atoms with E-state index in [9.17, 15) is 18.0 Å². The van der Waals surface area contributed by atoms with Crippen molar-refractivity contribution in [2.24, 2.45) is 0 Å². The topological polar surface area (TPSA) is 89.3 Å². The highest BCUT2D eigenvalue weighted by molar-refractivity contribution is 7.92. The molecule has 1 aliphatic heterocycles. The lowest BCUT2D eigenvalue weighted by molar-refractivity contribution is -0.135. The summed E-state index contributed by atoms with van der Waals surface area (Å²) in [7, 11) is -3.09. The first kappa shape index (κ1) is 13.7. The van der Waals surface area contributed by atoms with E-state index in [1.807, 2.05) is 0 Å². The summed E-state index contributed by atoms with van der Waals surface area (Å²) >= 11 is 0. The minimum atomic E-state index is -3.09. The van der Waals surface area contributed by atoms with Crippen LogP contribution in [0.5, 0.6) is 0 Å². The molecule has 104 valence electrons. The smallest absolute Gasteiger partial charge is 0.267 e. The fraction of sp³-hybridized carbons (Fsp3) is 0.545. The molecular formula is C11H15N3O4S. The van der Waals surface area contributed by atoms with Crippen LogP contribution in [0.1, 0.15) is 6.92 Å². The Labute approximate surface area is 110 Å². The van der Waals surface area contributed by atoms with E-state index in [2.05, 4.69) is 5.10 Å². The Kier molecular flexibility index (Phi) is 3.70. The molecule has 1 amide bonds. The molecule has 0 spiro atoms. The third kappa shape index (κ3) is 2.83. The zero-order valence-corrected chi connectivity index (χ0v) is 11.3. The van der Waals surface area contributed by atoms with Gasteiger partial charge < -0.3 is 4.90 Å². The van der Waals surface area contributed by atoms with Crippen LogP contribution < -0.4 is 5.56 Å². The van der Waals surface area contributed by atoms with Crippen LogP contribution in [-0.4, -0.2) is 53.1 Å². The van der Waals surface area contributed by atoms with Gasteiger partial charge in [-0.15, -0.1) is 0 Å². The molecule has 1 aromatic heterocycles. The second-order valence-electron chi connectivity index (χ2n) is 4.39. The summed E-state index contributed by atoms with van der Waals surface area (Å²) in [5.74, 6) is -0.206. The molecule has 1 saturated heterocycles. The largest absolute Gasteiger partial charge is 0.338 e. The van der Waals surface area contributed by atoms with E-state index < -0.39 is 15.1 Å². The summed E-state index contributed by atoms with van der Waals surface area (Å²) in [6, 6.07) is 2.82. The molecule has 1 fully saturated rings. The van der Waals surface area contributed by atoms with Gasteiger partial charge in [0.25, 0.3) is 5.56 Å². The van der Waals surface area contributed by atoms with E-state index >= 15 is 0 Å². The van der Waals surface area contributed by atoms with Crippen molar-refractivity contribution >= 4 is 15.7 Å². The van der Waals surface area contributed by atoms with Crippen molar-refractivity contribution in [2.45, 2.75) is 18.7 Å². The van der Waals surface area contributed by atoms with Gasteiger partial charge in [-0.25, -0.2) is 13.1 Å². The maximum absolute atomic E-state index is 11.8. The third-order valence-corrected chi connectivity index (χ3v) is 5.30. The van der Waals surface area contributed by atoms with E-state index in [4.69, 9.17) is 0 Å². The van der Waals surface area contributed by atoms with Crippen molar-refractivity contribution in [1.29, 1.82) is 0 Å². The first-order valence-electron chi connectivity index (χ1n) is 5.95. The number of amides is 1. The minimum absolute atomic E-state index is 0.0827. The number of sulfone groups is 1. The number of carbonyl (C=O) groups excluding carboxylic acids is 1. The molecule has 0 atom stereocenters. The van der Waals surface area contributed by atoms with Gasteiger partial charge in [0.2, 0.25) is 5.91 Å². The van der Waals surface area contributed by atoms with E-state index in [1.54, 1.807) is 6.92 Å². The van der Waals surface area contributed by atoms with Crippen LogP contribution in [0.4, 0.5) is 0 Å². The molecule has 1 aromatic rings. The fourth-order valence-electron chi connectivity index (χ4n) is 1.84. The van der Waals surface area contributed by atoms with Crippen molar-refractivity contribution in [2.75, 3.05) is 18.8 Å². The predicted octanol–water partition coefficient (Wildman–Crippen LogP) is -1.11. The maximum Gasteiger partial charge on any atom is 0.267 e. The Bertz CT molecular complexity index is 631. The highest BCUT2D eigenvalue weighted by atomic mass is 32.2. The van der Waals surface area contributed by atoms with E-state index in [1.165, 1.54) is 23.2 Å². The summed E-state index contributed by atoms with van der Waals surface area (Å²) in [6.07, 6.45) is 1.43. The number of carbonyl (C=O) groups is 1. The van der Waals surface area contributed by atoms with E-state index in [0.29, 0.717) is 0 Å². The van der Waals surface area contributed by atoms with Gasteiger partial charge in [-0.3, -0.25) is 9.59 Å². The monoisotopic (exact) mass is 285 g/mol. The van der Waals surface area contributed by atoms with Gasteiger partial charge in [-0.1, -0.05) is 6.92 Å². The van der Waals surface area contributed by atoms with Crippen LogP contribution >= 0.6 is 0 Å². The van der Waals surface area contributed by atoms with Crippen LogP contribution in [0.3, 0.4) is 0 Å². The zero-order chi connectivity index (χ0) is 14.0. The highest BCUT2D eigenvalue weighted by Gasteiger charge is 2.38. The Morgan fingerprint density at radius 2 is 2.16 bits per heavy atom. The SMILES string of the molecule is CCS(=O)(=O)C1CN(C(=O)Cn2ncccc2=O)C1. The van der Waals surface area contributed by atoms with Crippen LogP contribution in [0.15, 0.2) is 23.1 Å². The molecule has 0 unspecified atom stereocenters. The average Bonchev–Trinajstić information content (AvgIpc) is 2.30. The number of aromatic nitrogens is 2. The molecule has 0 saturated carbocycles. The number of hydrogen-bond donors (Lipinski definition) is 0. The quantitative estimate of drug-likeness (QED) is 0.699. The Hall–Kier alpha value is -1.70. The molecule has 8 heteroatoms. The molecule has 0 aromatic carbocycles.